The highest BCUT2D eigenvalue weighted by atomic mass is 32.2. The van der Waals surface area contributed by atoms with Crippen LogP contribution in [0.15, 0.2) is 34.0 Å². The maximum atomic E-state index is 4.60. The minimum Gasteiger partial charge on any atom is -0.354 e. The predicted octanol–water partition coefficient (Wildman–Crippen LogP) is 3.76. The topological polar surface area (TPSA) is 63.6 Å². The number of hydrogen-bond donors (Lipinski definition) is 1. The van der Waals surface area contributed by atoms with Crippen LogP contribution in [0.25, 0.3) is 10.2 Å². The van der Waals surface area contributed by atoms with E-state index in [0.717, 1.165) is 33.8 Å². The zero-order chi connectivity index (χ0) is 14.7. The molecule has 3 heterocycles. The van der Waals surface area contributed by atoms with Gasteiger partial charge in [0.05, 0.1) is 0 Å². The Morgan fingerprint density at radius 2 is 2.05 bits per heavy atom. The molecule has 0 bridgehead atoms. The van der Waals surface area contributed by atoms with Crippen molar-refractivity contribution in [2.24, 2.45) is 0 Å². The summed E-state index contributed by atoms with van der Waals surface area (Å²) < 4.78 is 0. The maximum Gasteiger partial charge on any atom is 0.225 e. The number of anilines is 1. The van der Waals surface area contributed by atoms with E-state index in [1.807, 2.05) is 30.8 Å². The molecule has 5 nitrogen and oxygen atoms in total. The quantitative estimate of drug-likeness (QED) is 0.571. The van der Waals surface area contributed by atoms with Crippen LogP contribution in [0.4, 0.5) is 5.95 Å². The summed E-state index contributed by atoms with van der Waals surface area (Å²) in [6, 6.07) is 2.04. The van der Waals surface area contributed by atoms with Gasteiger partial charge in [-0.15, -0.1) is 11.3 Å². The summed E-state index contributed by atoms with van der Waals surface area (Å²) in [5.41, 5.74) is 1.05. The zero-order valence-electron chi connectivity index (χ0n) is 11.8. The van der Waals surface area contributed by atoms with Gasteiger partial charge < -0.3 is 5.32 Å². The first kappa shape index (κ1) is 14.2. The van der Waals surface area contributed by atoms with Crippen molar-refractivity contribution >= 4 is 39.3 Å². The van der Waals surface area contributed by atoms with Gasteiger partial charge in [0.2, 0.25) is 5.95 Å². The largest absolute Gasteiger partial charge is 0.354 e. The van der Waals surface area contributed by atoms with Crippen molar-refractivity contribution in [3.8, 4) is 0 Å². The van der Waals surface area contributed by atoms with Gasteiger partial charge in [-0.25, -0.2) is 19.9 Å². The highest BCUT2D eigenvalue weighted by molar-refractivity contribution is 7.99. The van der Waals surface area contributed by atoms with E-state index in [9.17, 15) is 0 Å². The highest BCUT2D eigenvalue weighted by Gasteiger charge is 2.11. The van der Waals surface area contributed by atoms with Gasteiger partial charge in [0.15, 0.2) is 5.16 Å². The van der Waals surface area contributed by atoms with Crippen LogP contribution in [0, 0.1) is 6.92 Å². The van der Waals surface area contributed by atoms with Crippen LogP contribution < -0.4 is 5.32 Å². The Morgan fingerprint density at radius 1 is 1.24 bits per heavy atom. The maximum absolute atomic E-state index is 4.60. The van der Waals surface area contributed by atoms with Gasteiger partial charge in [-0.1, -0.05) is 6.92 Å². The van der Waals surface area contributed by atoms with Crippen LogP contribution in [0.3, 0.4) is 0 Å². The van der Waals surface area contributed by atoms with Gasteiger partial charge in [-0.2, -0.15) is 0 Å². The third-order valence-corrected chi connectivity index (χ3v) is 4.47. The average Bonchev–Trinajstić information content (AvgIpc) is 2.96. The Bertz CT molecular complexity index is 739. The van der Waals surface area contributed by atoms with Crippen LogP contribution in [0.1, 0.15) is 18.9 Å². The molecule has 7 heteroatoms. The van der Waals surface area contributed by atoms with E-state index in [-0.39, 0.29) is 0 Å². The first-order valence-electron chi connectivity index (χ1n) is 6.72. The zero-order valence-corrected chi connectivity index (χ0v) is 13.5. The number of aryl methyl sites for hydroxylation is 1. The lowest BCUT2D eigenvalue weighted by atomic mass is 10.4. The molecule has 0 amide bonds. The Hall–Kier alpha value is -1.73. The fourth-order valence-corrected chi connectivity index (χ4v) is 3.36. The van der Waals surface area contributed by atoms with Crippen molar-refractivity contribution in [1.82, 2.24) is 19.9 Å². The van der Waals surface area contributed by atoms with Crippen molar-refractivity contribution in [1.29, 1.82) is 0 Å². The molecule has 0 spiro atoms. The van der Waals surface area contributed by atoms with Gasteiger partial charge in [0.25, 0.3) is 0 Å². The van der Waals surface area contributed by atoms with Crippen molar-refractivity contribution in [3.05, 3.63) is 29.4 Å². The SMILES string of the molecule is CCCNc1nc(Sc2ncc(C)cn2)c2ccsc2n1. The molecule has 0 saturated carbocycles. The van der Waals surface area contributed by atoms with Gasteiger partial charge >= 0.3 is 0 Å². The summed E-state index contributed by atoms with van der Waals surface area (Å²) in [5, 5.41) is 7.92. The monoisotopic (exact) mass is 317 g/mol. The second-order valence-corrected chi connectivity index (χ2v) is 6.41. The lowest BCUT2D eigenvalue weighted by Gasteiger charge is -2.06. The van der Waals surface area contributed by atoms with E-state index >= 15 is 0 Å². The average molecular weight is 317 g/mol. The van der Waals surface area contributed by atoms with Gasteiger partial charge in [0.1, 0.15) is 9.86 Å². The molecular weight excluding hydrogens is 302 g/mol. The van der Waals surface area contributed by atoms with Crippen LogP contribution in [0.5, 0.6) is 0 Å². The molecule has 0 aromatic carbocycles. The van der Waals surface area contributed by atoms with E-state index < -0.39 is 0 Å². The normalized spacial score (nSPS) is 11.0. The molecule has 0 aliphatic carbocycles. The number of thiophene rings is 1. The number of nitrogens with zero attached hydrogens (tertiary/aromatic N) is 4. The molecule has 0 aliphatic heterocycles. The standard InChI is InChI=1S/C14H15N5S2/c1-3-5-15-13-18-11-10(4-6-20-11)12(19-13)21-14-16-7-9(2)8-17-14/h4,6-8H,3,5H2,1-2H3,(H,15,18,19). The summed E-state index contributed by atoms with van der Waals surface area (Å²) in [4.78, 5) is 18.8. The number of rotatable bonds is 5. The molecule has 21 heavy (non-hydrogen) atoms. The van der Waals surface area contributed by atoms with Crippen LogP contribution >= 0.6 is 23.1 Å². The Balaban J connectivity index is 1.95. The van der Waals surface area contributed by atoms with Gasteiger partial charge in [-0.3, -0.25) is 0 Å². The van der Waals surface area contributed by atoms with Crippen molar-refractivity contribution in [3.63, 3.8) is 0 Å². The van der Waals surface area contributed by atoms with E-state index in [1.54, 1.807) is 11.3 Å². The lowest BCUT2D eigenvalue weighted by molar-refractivity contribution is 0.934. The Kier molecular flexibility index (Phi) is 4.31. The molecule has 0 aliphatic rings. The van der Waals surface area contributed by atoms with Crippen molar-refractivity contribution in [2.45, 2.75) is 30.5 Å². The molecule has 0 saturated heterocycles. The smallest absolute Gasteiger partial charge is 0.225 e. The summed E-state index contributed by atoms with van der Waals surface area (Å²) >= 11 is 3.09. The summed E-state index contributed by atoms with van der Waals surface area (Å²) in [5.74, 6) is 0.668. The lowest BCUT2D eigenvalue weighted by Crippen LogP contribution is -2.04. The molecule has 1 N–H and O–H groups in total. The minimum absolute atomic E-state index is 0.668. The first-order chi connectivity index (χ1) is 10.3. The predicted molar refractivity (Wildman–Crippen MR) is 87.1 cm³/mol. The van der Waals surface area contributed by atoms with Gasteiger partial charge in [0, 0.05) is 24.3 Å². The molecule has 0 radical (unpaired) electrons. The van der Waals surface area contributed by atoms with E-state index in [0.29, 0.717) is 11.1 Å². The van der Waals surface area contributed by atoms with Crippen LogP contribution in [-0.4, -0.2) is 26.5 Å². The Morgan fingerprint density at radius 3 is 2.81 bits per heavy atom. The van der Waals surface area contributed by atoms with Crippen LogP contribution in [-0.2, 0) is 0 Å². The molecule has 3 rings (SSSR count). The molecule has 0 unspecified atom stereocenters. The summed E-state index contributed by atoms with van der Waals surface area (Å²) in [6.07, 6.45) is 4.67. The molecular formula is C14H15N5S2. The fourth-order valence-electron chi connectivity index (χ4n) is 1.74. The van der Waals surface area contributed by atoms with Crippen molar-refractivity contribution in [2.75, 3.05) is 11.9 Å². The van der Waals surface area contributed by atoms with E-state index in [1.165, 1.54) is 11.8 Å². The number of aromatic nitrogens is 4. The van der Waals surface area contributed by atoms with Crippen LogP contribution in [0.2, 0.25) is 0 Å². The van der Waals surface area contributed by atoms with Crippen molar-refractivity contribution < 1.29 is 0 Å². The molecule has 108 valence electrons. The third-order valence-electron chi connectivity index (χ3n) is 2.77. The third kappa shape index (κ3) is 3.30. The number of nitrogens with one attached hydrogen (secondary N) is 1. The van der Waals surface area contributed by atoms with E-state index in [4.69, 9.17) is 0 Å². The molecule has 3 aromatic heterocycles. The minimum atomic E-state index is 0.668. The fraction of sp³-hybridized carbons (Fsp3) is 0.286. The summed E-state index contributed by atoms with van der Waals surface area (Å²) in [7, 11) is 0. The molecule has 3 aromatic rings. The highest BCUT2D eigenvalue weighted by Crippen LogP contribution is 2.32. The number of hydrogen-bond acceptors (Lipinski definition) is 7. The summed E-state index contributed by atoms with van der Waals surface area (Å²) in [6.45, 7) is 4.96. The second kappa shape index (κ2) is 6.36. The Labute approximate surface area is 131 Å². The molecule has 0 fully saturated rings. The van der Waals surface area contributed by atoms with E-state index in [2.05, 4.69) is 32.2 Å². The number of fused-ring (bicyclic) bond motifs is 1. The molecule has 0 atom stereocenters. The second-order valence-electron chi connectivity index (χ2n) is 4.56. The van der Waals surface area contributed by atoms with Gasteiger partial charge in [-0.05, 0) is 42.1 Å². The first-order valence-corrected chi connectivity index (χ1v) is 8.41.